The molecule has 1 aromatic heterocycles. The molecule has 0 aliphatic carbocycles. The molecular formula is C16H20N4. The second-order valence-corrected chi connectivity index (χ2v) is 5.18. The van der Waals surface area contributed by atoms with Crippen molar-refractivity contribution in [3.8, 4) is 0 Å². The smallest absolute Gasteiger partial charge is 0.133 e. The number of likely N-dealkylation sites (N-methyl/N-ethyl adjacent to an activating group) is 1. The molecule has 4 heteroatoms. The van der Waals surface area contributed by atoms with Crippen LogP contribution in [0, 0.1) is 6.92 Å². The van der Waals surface area contributed by atoms with Crippen molar-refractivity contribution in [3.63, 3.8) is 0 Å². The number of aromatic nitrogens is 1. The van der Waals surface area contributed by atoms with Crippen molar-refractivity contribution in [1.29, 1.82) is 0 Å². The first-order chi connectivity index (χ1) is 9.70. The van der Waals surface area contributed by atoms with Gasteiger partial charge in [-0.3, -0.25) is 0 Å². The molecule has 0 unspecified atom stereocenters. The van der Waals surface area contributed by atoms with E-state index >= 15 is 0 Å². The molecule has 2 N–H and O–H groups in total. The molecule has 104 valence electrons. The highest BCUT2D eigenvalue weighted by atomic mass is 15.3. The monoisotopic (exact) mass is 268 g/mol. The topological polar surface area (TPSA) is 45.4 Å². The van der Waals surface area contributed by atoms with Gasteiger partial charge in [0.25, 0.3) is 0 Å². The zero-order valence-corrected chi connectivity index (χ0v) is 12.0. The average molecular weight is 268 g/mol. The number of hydrogen-bond acceptors (Lipinski definition) is 4. The van der Waals surface area contributed by atoms with Gasteiger partial charge in [0.15, 0.2) is 0 Å². The van der Waals surface area contributed by atoms with Gasteiger partial charge >= 0.3 is 0 Å². The lowest BCUT2D eigenvalue weighted by Crippen LogP contribution is -2.36. The highest BCUT2D eigenvalue weighted by molar-refractivity contribution is 5.78. The van der Waals surface area contributed by atoms with Gasteiger partial charge in [-0.05, 0) is 30.7 Å². The van der Waals surface area contributed by atoms with Crippen LogP contribution in [-0.2, 0) is 6.54 Å². The van der Waals surface area contributed by atoms with Gasteiger partial charge in [0.05, 0.1) is 11.4 Å². The van der Waals surface area contributed by atoms with Gasteiger partial charge in [0.2, 0.25) is 0 Å². The molecule has 2 aromatic rings. The van der Waals surface area contributed by atoms with E-state index in [9.17, 15) is 0 Å². The number of rotatable bonds is 2. The Morgan fingerprint density at radius 1 is 1.10 bits per heavy atom. The molecule has 2 heterocycles. The molecule has 0 amide bonds. The van der Waals surface area contributed by atoms with Gasteiger partial charge < -0.3 is 15.5 Å². The van der Waals surface area contributed by atoms with Crippen LogP contribution in [0.1, 0.15) is 11.3 Å². The summed E-state index contributed by atoms with van der Waals surface area (Å²) in [6.45, 7) is 4.50. The minimum absolute atomic E-state index is 0.540. The minimum Gasteiger partial charge on any atom is -0.371 e. The maximum atomic E-state index is 5.71. The Morgan fingerprint density at radius 2 is 1.85 bits per heavy atom. The number of benzene rings is 1. The normalized spacial score (nSPS) is 14.3. The third-order valence-electron chi connectivity index (χ3n) is 3.92. The van der Waals surface area contributed by atoms with E-state index in [0.717, 1.165) is 30.2 Å². The second-order valence-electron chi connectivity index (χ2n) is 5.18. The van der Waals surface area contributed by atoms with Gasteiger partial charge in [0, 0.05) is 32.4 Å². The maximum Gasteiger partial charge on any atom is 0.133 e. The fourth-order valence-electron chi connectivity index (χ4n) is 2.69. The molecule has 0 atom stereocenters. The van der Waals surface area contributed by atoms with Crippen molar-refractivity contribution in [1.82, 2.24) is 4.98 Å². The molecule has 0 saturated heterocycles. The van der Waals surface area contributed by atoms with Gasteiger partial charge in [-0.15, -0.1) is 0 Å². The molecule has 0 fully saturated rings. The number of anilines is 3. The molecular weight excluding hydrogens is 248 g/mol. The average Bonchev–Trinajstić information content (AvgIpc) is 2.48. The third kappa shape index (κ3) is 2.12. The number of hydrogen-bond donors (Lipinski definition) is 1. The molecule has 0 saturated carbocycles. The molecule has 0 radical (unpaired) electrons. The molecule has 20 heavy (non-hydrogen) atoms. The van der Waals surface area contributed by atoms with Crippen molar-refractivity contribution >= 4 is 17.2 Å². The highest BCUT2D eigenvalue weighted by Gasteiger charge is 2.21. The van der Waals surface area contributed by atoms with E-state index in [1.165, 1.54) is 11.4 Å². The largest absolute Gasteiger partial charge is 0.371 e. The lowest BCUT2D eigenvalue weighted by molar-refractivity contribution is 0.810. The van der Waals surface area contributed by atoms with Crippen molar-refractivity contribution in [3.05, 3.63) is 47.7 Å². The lowest BCUT2D eigenvalue weighted by atomic mass is 10.1. The molecule has 0 bridgehead atoms. The summed E-state index contributed by atoms with van der Waals surface area (Å²) in [5.74, 6) is 1.00. The summed E-state index contributed by atoms with van der Waals surface area (Å²) in [4.78, 5) is 9.28. The highest BCUT2D eigenvalue weighted by Crippen LogP contribution is 2.36. The van der Waals surface area contributed by atoms with Crippen LogP contribution in [-0.4, -0.2) is 25.1 Å². The van der Waals surface area contributed by atoms with E-state index in [0.29, 0.717) is 6.54 Å². The van der Waals surface area contributed by atoms with Crippen LogP contribution in [0.5, 0.6) is 0 Å². The van der Waals surface area contributed by atoms with Crippen LogP contribution in [0.15, 0.2) is 36.4 Å². The molecule has 0 spiro atoms. The van der Waals surface area contributed by atoms with Gasteiger partial charge in [-0.25, -0.2) is 4.98 Å². The summed E-state index contributed by atoms with van der Waals surface area (Å²) >= 11 is 0. The van der Waals surface area contributed by atoms with E-state index in [4.69, 9.17) is 10.7 Å². The predicted octanol–water partition coefficient (Wildman–Crippen LogP) is 2.44. The minimum atomic E-state index is 0.540. The number of aryl methyl sites for hydroxylation is 1. The Labute approximate surface area is 119 Å². The fourth-order valence-corrected chi connectivity index (χ4v) is 2.69. The van der Waals surface area contributed by atoms with E-state index in [1.807, 2.05) is 6.92 Å². The van der Waals surface area contributed by atoms with Gasteiger partial charge in [-0.1, -0.05) is 18.2 Å². The van der Waals surface area contributed by atoms with Crippen molar-refractivity contribution < 1.29 is 0 Å². The van der Waals surface area contributed by atoms with Crippen molar-refractivity contribution in [2.45, 2.75) is 13.5 Å². The van der Waals surface area contributed by atoms with E-state index < -0.39 is 0 Å². The fraction of sp³-hybridized carbons (Fsp3) is 0.312. The second kappa shape index (κ2) is 5.13. The van der Waals surface area contributed by atoms with Crippen molar-refractivity contribution in [2.75, 3.05) is 29.9 Å². The first-order valence-corrected chi connectivity index (χ1v) is 6.95. The van der Waals surface area contributed by atoms with Crippen molar-refractivity contribution in [2.24, 2.45) is 5.73 Å². The number of fused-ring (bicyclic) bond motifs is 1. The number of pyridine rings is 1. The van der Waals surface area contributed by atoms with Crippen LogP contribution < -0.4 is 15.5 Å². The van der Waals surface area contributed by atoms with Crippen LogP contribution in [0.25, 0.3) is 0 Å². The summed E-state index contributed by atoms with van der Waals surface area (Å²) in [6.07, 6.45) is 0. The number of nitrogens with two attached hydrogens (primary N) is 1. The molecule has 1 aromatic carbocycles. The molecule has 1 aliphatic rings. The Balaban J connectivity index is 2.03. The predicted molar refractivity (Wildman–Crippen MR) is 83.6 cm³/mol. The summed E-state index contributed by atoms with van der Waals surface area (Å²) in [6, 6.07) is 12.6. The lowest BCUT2D eigenvalue weighted by Gasteiger charge is -2.36. The van der Waals surface area contributed by atoms with Crippen LogP contribution in [0.4, 0.5) is 17.2 Å². The van der Waals surface area contributed by atoms with Crippen LogP contribution in [0.3, 0.4) is 0 Å². The van der Waals surface area contributed by atoms with E-state index in [-0.39, 0.29) is 0 Å². The third-order valence-corrected chi connectivity index (χ3v) is 3.92. The Kier molecular flexibility index (Phi) is 3.32. The molecule has 4 nitrogen and oxygen atoms in total. The Hall–Kier alpha value is -2.07. The van der Waals surface area contributed by atoms with E-state index in [1.54, 1.807) is 0 Å². The first kappa shape index (κ1) is 12.9. The summed E-state index contributed by atoms with van der Waals surface area (Å²) < 4.78 is 0. The standard InChI is InChI=1S/C16H20N4/c1-12-13(11-17)7-8-16(18-12)20-10-9-19(2)14-5-3-4-6-15(14)20/h3-8H,9-11,17H2,1-2H3. The van der Waals surface area contributed by atoms with Gasteiger partial charge in [0.1, 0.15) is 5.82 Å². The summed E-state index contributed by atoms with van der Waals surface area (Å²) in [7, 11) is 2.13. The maximum absolute atomic E-state index is 5.71. The van der Waals surface area contributed by atoms with Crippen LogP contribution >= 0.6 is 0 Å². The quantitative estimate of drug-likeness (QED) is 0.908. The first-order valence-electron chi connectivity index (χ1n) is 6.95. The van der Waals surface area contributed by atoms with Gasteiger partial charge in [-0.2, -0.15) is 0 Å². The summed E-state index contributed by atoms with van der Waals surface area (Å²) in [5, 5.41) is 0. The summed E-state index contributed by atoms with van der Waals surface area (Å²) in [5.41, 5.74) is 10.3. The molecule has 1 aliphatic heterocycles. The SMILES string of the molecule is Cc1nc(N2CCN(C)c3ccccc32)ccc1CN. The Bertz CT molecular complexity index is 624. The zero-order valence-electron chi connectivity index (χ0n) is 12.0. The Morgan fingerprint density at radius 3 is 2.55 bits per heavy atom. The molecule has 3 rings (SSSR count). The number of nitrogens with zero attached hydrogens (tertiary/aromatic N) is 3. The number of para-hydroxylation sites is 2. The van der Waals surface area contributed by atoms with E-state index in [2.05, 4.69) is 53.2 Å². The van der Waals surface area contributed by atoms with Crippen LogP contribution in [0.2, 0.25) is 0 Å². The zero-order chi connectivity index (χ0) is 14.1.